The van der Waals surface area contributed by atoms with Crippen LogP contribution in [0.3, 0.4) is 0 Å². The Morgan fingerprint density at radius 3 is 2.11 bits per heavy atom. The van der Waals surface area contributed by atoms with E-state index in [4.69, 9.17) is 5.21 Å². The fourth-order valence-corrected chi connectivity index (χ4v) is 3.09. The zero-order chi connectivity index (χ0) is 27.3. The second kappa shape index (κ2) is 13.8. The van der Waals surface area contributed by atoms with Crippen LogP contribution in [0.4, 0.5) is 11.5 Å². The van der Waals surface area contributed by atoms with Gasteiger partial charge in [0.05, 0.1) is 12.6 Å². The molecule has 0 saturated carbocycles. The first-order valence-electron chi connectivity index (χ1n) is 11.5. The monoisotopic (exact) mass is 511 g/mol. The van der Waals surface area contributed by atoms with Gasteiger partial charge >= 0.3 is 0 Å². The Morgan fingerprint density at radius 1 is 0.921 bits per heavy atom. The third kappa shape index (κ3) is 8.50. The maximum atomic E-state index is 12.3. The fourth-order valence-electron chi connectivity index (χ4n) is 3.09. The minimum Gasteiger partial charge on any atom is -0.391 e. The summed E-state index contributed by atoms with van der Waals surface area (Å²) in [6, 6.07) is 17.4. The highest BCUT2D eigenvalue weighted by atomic mass is 16.5. The predicted octanol–water partition coefficient (Wildman–Crippen LogP) is 1.52. The molecule has 0 saturated heterocycles. The van der Waals surface area contributed by atoms with Crippen LogP contribution >= 0.6 is 0 Å². The summed E-state index contributed by atoms with van der Waals surface area (Å²) in [5.41, 5.74) is 3.63. The molecule has 10 heteroatoms. The van der Waals surface area contributed by atoms with E-state index in [1.165, 1.54) is 24.5 Å². The Bertz CT molecular complexity index is 1380. The van der Waals surface area contributed by atoms with E-state index in [2.05, 4.69) is 44.6 Å². The Hall–Kier alpha value is -5.16. The summed E-state index contributed by atoms with van der Waals surface area (Å²) in [5, 5.41) is 26.4. The van der Waals surface area contributed by atoms with Gasteiger partial charge < -0.3 is 21.1 Å². The van der Waals surface area contributed by atoms with Crippen LogP contribution in [0.25, 0.3) is 0 Å². The number of rotatable bonds is 8. The van der Waals surface area contributed by atoms with Gasteiger partial charge in [-0.3, -0.25) is 19.6 Å². The number of hydroxylamine groups is 1. The Morgan fingerprint density at radius 2 is 1.55 bits per heavy atom. The van der Waals surface area contributed by atoms with Crippen LogP contribution in [-0.4, -0.2) is 51.7 Å². The van der Waals surface area contributed by atoms with E-state index in [1.54, 1.807) is 54.7 Å². The molecule has 0 aliphatic rings. The van der Waals surface area contributed by atoms with Crippen molar-refractivity contribution in [2.45, 2.75) is 19.1 Å². The first-order valence-corrected chi connectivity index (χ1v) is 11.5. The van der Waals surface area contributed by atoms with Crippen LogP contribution in [0.2, 0.25) is 0 Å². The van der Waals surface area contributed by atoms with E-state index in [-0.39, 0.29) is 18.0 Å². The zero-order valence-corrected chi connectivity index (χ0v) is 20.4. The molecular weight excluding hydrogens is 486 g/mol. The van der Waals surface area contributed by atoms with Gasteiger partial charge in [-0.2, -0.15) is 0 Å². The highest BCUT2D eigenvalue weighted by Gasteiger charge is 2.25. The molecule has 2 aromatic carbocycles. The molecule has 0 spiro atoms. The molecule has 2 unspecified atom stereocenters. The lowest BCUT2D eigenvalue weighted by Crippen LogP contribution is -2.51. The molecule has 3 amide bonds. The fraction of sp³-hybridized carbons (Fsp3) is 0.143. The van der Waals surface area contributed by atoms with Gasteiger partial charge in [0.15, 0.2) is 0 Å². The Labute approximate surface area is 219 Å². The minimum atomic E-state index is -1.30. The number of hydrogen-bond donors (Lipinski definition) is 6. The minimum absolute atomic E-state index is 0.0864. The molecule has 2 atom stereocenters. The number of carbonyl (C=O) groups is 3. The van der Waals surface area contributed by atoms with Crippen molar-refractivity contribution < 1.29 is 24.7 Å². The number of aliphatic hydroxyl groups is 1. The van der Waals surface area contributed by atoms with Gasteiger partial charge in [-0.05, 0) is 79.4 Å². The Kier molecular flexibility index (Phi) is 9.96. The average Bonchev–Trinajstić information content (AvgIpc) is 2.94. The normalized spacial score (nSPS) is 11.3. The quantitative estimate of drug-likeness (QED) is 0.152. The summed E-state index contributed by atoms with van der Waals surface area (Å²) in [6.45, 7) is 1.40. The van der Waals surface area contributed by atoms with E-state index in [0.29, 0.717) is 17.1 Å². The molecular formula is C28H25N5O5. The van der Waals surface area contributed by atoms with E-state index in [1.807, 2.05) is 6.07 Å². The molecule has 0 bridgehead atoms. The van der Waals surface area contributed by atoms with Crippen molar-refractivity contribution in [3.63, 3.8) is 0 Å². The molecule has 0 radical (unpaired) electrons. The van der Waals surface area contributed by atoms with Crippen molar-refractivity contribution in [3.8, 4) is 23.7 Å². The molecule has 6 N–H and O–H groups in total. The number of anilines is 2. The van der Waals surface area contributed by atoms with Gasteiger partial charge in [0, 0.05) is 28.6 Å². The van der Waals surface area contributed by atoms with E-state index >= 15 is 0 Å². The van der Waals surface area contributed by atoms with Gasteiger partial charge in [0.25, 0.3) is 11.8 Å². The average molecular weight is 512 g/mol. The summed E-state index contributed by atoms with van der Waals surface area (Å²) >= 11 is 0. The number of nitrogens with zero attached hydrogens (tertiary/aromatic N) is 1. The second-order valence-corrected chi connectivity index (χ2v) is 7.94. The van der Waals surface area contributed by atoms with Gasteiger partial charge in [0.1, 0.15) is 11.9 Å². The lowest BCUT2D eigenvalue weighted by molar-refractivity contribution is -0.133. The molecule has 0 aliphatic carbocycles. The number of carbonyl (C=O) groups excluding carboxylic acids is 3. The molecule has 3 rings (SSSR count). The van der Waals surface area contributed by atoms with Crippen molar-refractivity contribution in [1.29, 1.82) is 0 Å². The number of nitrogens with one attached hydrogen (secondary N) is 4. The largest absolute Gasteiger partial charge is 0.391 e. The summed E-state index contributed by atoms with van der Waals surface area (Å²) in [5.74, 6) is 10.2. The number of aromatic nitrogens is 1. The summed E-state index contributed by atoms with van der Waals surface area (Å²) in [4.78, 5) is 40.1. The van der Waals surface area contributed by atoms with E-state index in [9.17, 15) is 19.5 Å². The van der Waals surface area contributed by atoms with Crippen molar-refractivity contribution in [1.82, 2.24) is 15.8 Å². The number of pyridine rings is 1. The van der Waals surface area contributed by atoms with Crippen LogP contribution in [0.1, 0.15) is 28.4 Å². The third-order valence-corrected chi connectivity index (χ3v) is 5.05. The van der Waals surface area contributed by atoms with Gasteiger partial charge in [-0.1, -0.05) is 17.9 Å². The van der Waals surface area contributed by atoms with Crippen molar-refractivity contribution >= 4 is 29.2 Å². The number of aliphatic hydroxyl groups excluding tert-OH is 1. The van der Waals surface area contributed by atoms with Crippen LogP contribution in [-0.2, 0) is 9.59 Å². The molecule has 1 heterocycles. The first kappa shape index (κ1) is 27.4. The van der Waals surface area contributed by atoms with Gasteiger partial charge in [-0.15, -0.1) is 0 Å². The van der Waals surface area contributed by atoms with Crippen molar-refractivity contribution in [2.75, 3.05) is 17.2 Å². The zero-order valence-electron chi connectivity index (χ0n) is 20.4. The molecule has 192 valence electrons. The van der Waals surface area contributed by atoms with E-state index in [0.717, 1.165) is 5.56 Å². The summed E-state index contributed by atoms with van der Waals surface area (Å²) in [7, 11) is 0. The number of benzene rings is 2. The van der Waals surface area contributed by atoms with Gasteiger partial charge in [0.2, 0.25) is 5.91 Å². The molecule has 38 heavy (non-hydrogen) atoms. The maximum Gasteiger partial charge on any atom is 0.268 e. The van der Waals surface area contributed by atoms with Crippen LogP contribution in [0, 0.1) is 23.7 Å². The van der Waals surface area contributed by atoms with Crippen molar-refractivity contribution in [2.24, 2.45) is 0 Å². The second-order valence-electron chi connectivity index (χ2n) is 7.94. The van der Waals surface area contributed by atoms with Crippen LogP contribution in [0.5, 0.6) is 0 Å². The third-order valence-electron chi connectivity index (χ3n) is 5.05. The van der Waals surface area contributed by atoms with Crippen molar-refractivity contribution in [3.05, 3.63) is 89.6 Å². The molecule has 3 aromatic rings. The lowest BCUT2D eigenvalue weighted by Gasteiger charge is -2.19. The van der Waals surface area contributed by atoms with Gasteiger partial charge in [-0.25, -0.2) is 10.5 Å². The maximum absolute atomic E-state index is 12.3. The highest BCUT2D eigenvalue weighted by molar-refractivity contribution is 5.97. The summed E-state index contributed by atoms with van der Waals surface area (Å²) in [6.07, 6.45) is 0.437. The lowest BCUT2D eigenvalue weighted by atomic mass is 10.1. The molecule has 0 fully saturated rings. The van der Waals surface area contributed by atoms with E-state index < -0.39 is 24.0 Å². The van der Waals surface area contributed by atoms with Crippen LogP contribution < -0.4 is 21.4 Å². The number of amides is 3. The summed E-state index contributed by atoms with van der Waals surface area (Å²) < 4.78 is 0. The SMILES string of the molecule is CC(O)C(NC(=O)c1ccc(C#CC#Cc2ccc(NC(=O)CNc3ccccn3)cc2)cc1)C(=O)NO. The smallest absolute Gasteiger partial charge is 0.268 e. The predicted molar refractivity (Wildman–Crippen MR) is 141 cm³/mol. The topological polar surface area (TPSA) is 153 Å². The molecule has 1 aromatic heterocycles. The van der Waals surface area contributed by atoms with Crippen LogP contribution in [0.15, 0.2) is 72.9 Å². The highest BCUT2D eigenvalue weighted by Crippen LogP contribution is 2.09. The molecule has 0 aliphatic heterocycles. The first-order chi connectivity index (χ1) is 18.4. The Balaban J connectivity index is 1.51. The number of hydrogen-bond acceptors (Lipinski definition) is 7. The standard InChI is InChI=1S/C28H25N5O5/c1-19(34)26(28(37)33-38)32-27(36)22-13-9-20(10-14-22)6-2-3-7-21-11-15-23(16-12-21)31-25(35)18-30-24-8-4-5-17-29-24/h4-5,8-17,19,26,34,38H,18H2,1H3,(H,29,30)(H,31,35)(H,32,36)(H,33,37). The molecule has 10 nitrogen and oxygen atoms in total.